The van der Waals surface area contributed by atoms with Crippen molar-refractivity contribution < 1.29 is 37.7 Å². The van der Waals surface area contributed by atoms with Crippen LogP contribution in [0.2, 0.25) is 0 Å². The molecule has 0 saturated carbocycles. The third kappa shape index (κ3) is 4.68. The molecule has 26 heavy (non-hydrogen) atoms. The molecule has 8 nitrogen and oxygen atoms in total. The molecule has 0 fully saturated rings. The highest BCUT2D eigenvalue weighted by molar-refractivity contribution is 5.97. The maximum Gasteiger partial charge on any atom is 0.374 e. The number of ether oxygens (including phenoxy) is 4. The van der Waals surface area contributed by atoms with Gasteiger partial charge in [-0.15, -0.1) is 0 Å². The van der Waals surface area contributed by atoms with Gasteiger partial charge in [-0.25, -0.2) is 9.59 Å². The molecule has 0 N–H and O–H groups in total. The highest BCUT2D eigenvalue weighted by atomic mass is 16.7. The largest absolute Gasteiger partial charge is 0.465 e. The van der Waals surface area contributed by atoms with Crippen LogP contribution in [0.15, 0.2) is 28.7 Å². The summed E-state index contributed by atoms with van der Waals surface area (Å²) in [6.07, 6.45) is -1.07. The lowest BCUT2D eigenvalue weighted by molar-refractivity contribution is -0.170. The van der Waals surface area contributed by atoms with E-state index in [4.69, 9.17) is 18.6 Å². The van der Waals surface area contributed by atoms with Crippen molar-refractivity contribution in [1.82, 2.24) is 0 Å². The maximum atomic E-state index is 12.1. The van der Waals surface area contributed by atoms with Gasteiger partial charge in [0.2, 0.25) is 17.8 Å². The molecule has 0 spiro atoms. The molecule has 0 atom stereocenters. The zero-order chi connectivity index (χ0) is 19.1. The summed E-state index contributed by atoms with van der Waals surface area (Å²) < 4.78 is 25.3. The Morgan fingerprint density at radius 1 is 1.04 bits per heavy atom. The fraction of sp³-hybridized carbons (Fsp3) is 0.389. The normalized spacial score (nSPS) is 10.9. The molecule has 0 bridgehead atoms. The van der Waals surface area contributed by atoms with Gasteiger partial charge in [0.05, 0.1) is 12.7 Å². The van der Waals surface area contributed by atoms with Gasteiger partial charge in [0.1, 0.15) is 5.58 Å². The second kappa shape index (κ2) is 9.12. The Balaban J connectivity index is 2.05. The number of methoxy groups -OCH3 is 1. The van der Waals surface area contributed by atoms with Crippen molar-refractivity contribution in [3.05, 3.63) is 35.6 Å². The molecule has 1 aromatic carbocycles. The van der Waals surface area contributed by atoms with Crippen molar-refractivity contribution in [2.75, 3.05) is 26.9 Å². The van der Waals surface area contributed by atoms with Crippen LogP contribution in [0.4, 0.5) is 0 Å². The third-order valence-electron chi connectivity index (χ3n) is 3.39. The molecular formula is C18H20O8. The number of carbonyl (C=O) groups excluding carboxylic acids is 3. The SMILES string of the molecule is CCOC(OCC)C(=O)COC(=O)c1cc2ccc(C(=O)OC)cc2o1. The molecule has 2 rings (SSSR count). The Hall–Kier alpha value is -2.71. The van der Waals surface area contributed by atoms with Crippen LogP contribution >= 0.6 is 0 Å². The summed E-state index contributed by atoms with van der Waals surface area (Å²) in [6, 6.07) is 6.10. The highest BCUT2D eigenvalue weighted by Gasteiger charge is 2.22. The van der Waals surface area contributed by atoms with Crippen molar-refractivity contribution in [1.29, 1.82) is 0 Å². The molecule has 2 aromatic rings. The Morgan fingerprint density at radius 3 is 2.35 bits per heavy atom. The number of hydrogen-bond acceptors (Lipinski definition) is 8. The minimum atomic E-state index is -1.07. The number of esters is 2. The average molecular weight is 364 g/mol. The van der Waals surface area contributed by atoms with Gasteiger partial charge in [-0.2, -0.15) is 0 Å². The van der Waals surface area contributed by atoms with E-state index in [1.165, 1.54) is 19.2 Å². The fourth-order valence-corrected chi connectivity index (χ4v) is 2.19. The lowest BCUT2D eigenvalue weighted by atomic mass is 10.2. The van der Waals surface area contributed by atoms with E-state index in [9.17, 15) is 14.4 Å². The molecule has 140 valence electrons. The van der Waals surface area contributed by atoms with Crippen LogP contribution in [0.1, 0.15) is 34.8 Å². The van der Waals surface area contributed by atoms with Gasteiger partial charge in [-0.1, -0.05) is 6.07 Å². The standard InChI is InChI=1S/C18H20O8/c1-4-23-18(24-5-2)13(19)10-25-17(21)15-8-11-6-7-12(16(20)22-3)9-14(11)26-15/h6-9,18H,4-5,10H2,1-3H3. The number of Topliss-reactive ketones (excluding diaryl/α,β-unsaturated/α-hetero) is 1. The van der Waals surface area contributed by atoms with Gasteiger partial charge in [0, 0.05) is 18.6 Å². The first-order valence-electron chi connectivity index (χ1n) is 8.05. The van der Waals surface area contributed by atoms with Gasteiger partial charge in [-0.05, 0) is 32.0 Å². The monoisotopic (exact) mass is 364 g/mol. The number of ketones is 1. The van der Waals surface area contributed by atoms with Crippen molar-refractivity contribution >= 4 is 28.7 Å². The highest BCUT2D eigenvalue weighted by Crippen LogP contribution is 2.22. The first kappa shape index (κ1) is 19.6. The van der Waals surface area contributed by atoms with Crippen LogP contribution in [-0.2, 0) is 23.7 Å². The topological polar surface area (TPSA) is 101 Å². The number of fused-ring (bicyclic) bond motifs is 1. The number of benzene rings is 1. The van der Waals surface area contributed by atoms with E-state index >= 15 is 0 Å². The first-order valence-corrected chi connectivity index (χ1v) is 8.05. The van der Waals surface area contributed by atoms with E-state index in [0.717, 1.165) is 0 Å². The zero-order valence-corrected chi connectivity index (χ0v) is 14.8. The van der Waals surface area contributed by atoms with Crippen molar-refractivity contribution in [3.8, 4) is 0 Å². The Kier molecular flexibility index (Phi) is 6.88. The molecule has 0 unspecified atom stereocenters. The maximum absolute atomic E-state index is 12.1. The van der Waals surface area contributed by atoms with Crippen LogP contribution in [-0.4, -0.2) is 50.9 Å². The van der Waals surface area contributed by atoms with E-state index in [2.05, 4.69) is 4.74 Å². The van der Waals surface area contributed by atoms with Gasteiger partial charge < -0.3 is 23.4 Å². The first-order chi connectivity index (χ1) is 12.5. The molecule has 0 aliphatic heterocycles. The molecular weight excluding hydrogens is 344 g/mol. The molecule has 0 radical (unpaired) electrons. The third-order valence-corrected chi connectivity index (χ3v) is 3.39. The number of furan rings is 1. The summed E-state index contributed by atoms with van der Waals surface area (Å²) in [4.78, 5) is 35.6. The van der Waals surface area contributed by atoms with Crippen LogP contribution < -0.4 is 0 Å². The molecule has 1 aromatic heterocycles. The molecule has 0 aliphatic rings. The van der Waals surface area contributed by atoms with Gasteiger partial charge in [0.15, 0.2) is 6.61 Å². The van der Waals surface area contributed by atoms with Crippen LogP contribution in [0, 0.1) is 0 Å². The summed E-state index contributed by atoms with van der Waals surface area (Å²) in [5, 5.41) is 0.609. The second-order valence-electron chi connectivity index (χ2n) is 5.14. The fourth-order valence-electron chi connectivity index (χ4n) is 2.19. The summed E-state index contributed by atoms with van der Waals surface area (Å²) in [6.45, 7) is 3.52. The smallest absolute Gasteiger partial charge is 0.374 e. The van der Waals surface area contributed by atoms with E-state index in [-0.39, 0.29) is 19.0 Å². The van der Waals surface area contributed by atoms with Gasteiger partial charge in [-0.3, -0.25) is 4.79 Å². The molecule has 0 aliphatic carbocycles. The summed E-state index contributed by atoms with van der Waals surface area (Å²) in [5.74, 6) is -1.91. The minimum Gasteiger partial charge on any atom is -0.465 e. The minimum absolute atomic E-state index is 0.0841. The van der Waals surface area contributed by atoms with Crippen molar-refractivity contribution in [3.63, 3.8) is 0 Å². The zero-order valence-electron chi connectivity index (χ0n) is 14.8. The number of hydrogen-bond donors (Lipinski definition) is 0. The van der Waals surface area contributed by atoms with Gasteiger partial charge >= 0.3 is 11.9 Å². The van der Waals surface area contributed by atoms with E-state index in [1.807, 2.05) is 0 Å². The molecule has 8 heteroatoms. The predicted molar refractivity (Wildman–Crippen MR) is 89.9 cm³/mol. The lowest BCUT2D eigenvalue weighted by Crippen LogP contribution is -2.31. The van der Waals surface area contributed by atoms with Crippen molar-refractivity contribution in [2.45, 2.75) is 20.1 Å². The van der Waals surface area contributed by atoms with E-state index in [0.29, 0.717) is 16.5 Å². The summed E-state index contributed by atoms with van der Waals surface area (Å²) in [7, 11) is 1.27. The quantitative estimate of drug-likeness (QED) is 0.494. The van der Waals surface area contributed by atoms with Crippen molar-refractivity contribution in [2.24, 2.45) is 0 Å². The van der Waals surface area contributed by atoms with Crippen LogP contribution in [0.5, 0.6) is 0 Å². The molecule has 1 heterocycles. The van der Waals surface area contributed by atoms with Crippen LogP contribution in [0.25, 0.3) is 11.0 Å². The molecule has 0 amide bonds. The summed E-state index contributed by atoms with van der Waals surface area (Å²) in [5.41, 5.74) is 0.619. The average Bonchev–Trinajstić information content (AvgIpc) is 3.08. The Labute approximate surface area is 149 Å². The Bertz CT molecular complexity index is 786. The summed E-state index contributed by atoms with van der Waals surface area (Å²) >= 11 is 0. The Morgan fingerprint density at radius 2 is 1.73 bits per heavy atom. The number of rotatable bonds is 9. The predicted octanol–water partition coefficient (Wildman–Crippen LogP) is 2.34. The van der Waals surface area contributed by atoms with Crippen LogP contribution in [0.3, 0.4) is 0 Å². The second-order valence-corrected chi connectivity index (χ2v) is 5.14. The number of carbonyl (C=O) groups is 3. The molecule has 0 saturated heterocycles. The van der Waals surface area contributed by atoms with Gasteiger partial charge in [0.25, 0.3) is 0 Å². The van der Waals surface area contributed by atoms with E-state index < -0.39 is 30.6 Å². The lowest BCUT2D eigenvalue weighted by Gasteiger charge is -2.15. The van der Waals surface area contributed by atoms with E-state index in [1.54, 1.807) is 26.0 Å².